The fourth-order valence-electron chi connectivity index (χ4n) is 4.18. The van der Waals surface area contributed by atoms with Crippen LogP contribution in [0.4, 0.5) is 19.0 Å². The monoisotopic (exact) mass is 402 g/mol. The predicted molar refractivity (Wildman–Crippen MR) is 99.4 cm³/mol. The Morgan fingerprint density at radius 2 is 1.97 bits per heavy atom. The molecule has 0 saturated carbocycles. The van der Waals surface area contributed by atoms with Crippen molar-refractivity contribution in [3.8, 4) is 17.0 Å². The summed E-state index contributed by atoms with van der Waals surface area (Å²) in [5, 5.41) is 23.4. The summed E-state index contributed by atoms with van der Waals surface area (Å²) in [4.78, 5) is 4.15. The Hall–Kier alpha value is -2.94. The first-order chi connectivity index (χ1) is 13.9. The molecule has 2 N–H and O–H groups in total. The number of aromatic hydroxyl groups is 1. The zero-order valence-electron chi connectivity index (χ0n) is 15.1. The number of pyridine rings is 1. The molecule has 0 amide bonds. The van der Waals surface area contributed by atoms with Crippen molar-refractivity contribution < 1.29 is 23.0 Å². The maximum Gasteiger partial charge on any atom is 0.416 e. The maximum absolute atomic E-state index is 12.9. The van der Waals surface area contributed by atoms with Crippen LogP contribution in [0.5, 0.6) is 5.75 Å². The molecule has 1 aromatic carbocycles. The predicted octanol–water partition coefficient (Wildman–Crippen LogP) is 4.15. The number of benzene rings is 1. The highest BCUT2D eigenvalue weighted by Crippen LogP contribution is 2.40. The van der Waals surface area contributed by atoms with E-state index in [1.165, 1.54) is 6.07 Å². The first-order valence-corrected chi connectivity index (χ1v) is 9.33. The molecule has 5 rings (SSSR count). The van der Waals surface area contributed by atoms with Gasteiger partial charge in [0.05, 0.1) is 23.8 Å². The number of aromatic nitrogens is 3. The number of hydrogen-bond acceptors (Lipinski definition) is 6. The standard InChI is InChI=1S/C20H17F3N4O2/c21-20(22,23)10-1-3-13(16(28)7-10)18-12-5-6-24-9-14(12)19(27-26-18)25-15-8-11-2-4-17(15)29-11/h1,3,5-7,9,11,15,17,28H,2,4,8H2,(H,25,27). The fraction of sp³-hybridized carbons (Fsp3) is 0.350. The van der Waals surface area contributed by atoms with Crippen LogP contribution in [0.25, 0.3) is 22.0 Å². The molecule has 0 aliphatic carbocycles. The van der Waals surface area contributed by atoms with Crippen molar-refractivity contribution in [2.24, 2.45) is 0 Å². The van der Waals surface area contributed by atoms with E-state index in [-0.39, 0.29) is 23.8 Å². The summed E-state index contributed by atoms with van der Waals surface area (Å²) < 4.78 is 44.6. The third-order valence-corrected chi connectivity index (χ3v) is 5.59. The molecule has 9 heteroatoms. The van der Waals surface area contributed by atoms with Gasteiger partial charge in [-0.3, -0.25) is 4.98 Å². The van der Waals surface area contributed by atoms with Crippen molar-refractivity contribution in [1.82, 2.24) is 15.2 Å². The van der Waals surface area contributed by atoms with Gasteiger partial charge in [-0.1, -0.05) is 0 Å². The fourth-order valence-corrected chi connectivity index (χ4v) is 4.18. The highest BCUT2D eigenvalue weighted by Gasteiger charge is 2.41. The van der Waals surface area contributed by atoms with Crippen LogP contribution in [0, 0.1) is 0 Å². The van der Waals surface area contributed by atoms with E-state index in [1.807, 2.05) is 0 Å². The van der Waals surface area contributed by atoms with Gasteiger partial charge in [0.2, 0.25) is 0 Å². The molecule has 2 saturated heterocycles. The second-order valence-corrected chi connectivity index (χ2v) is 7.41. The molecule has 2 aliphatic rings. The molecule has 4 heterocycles. The molecular weight excluding hydrogens is 385 g/mol. The van der Waals surface area contributed by atoms with E-state index < -0.39 is 17.5 Å². The van der Waals surface area contributed by atoms with Crippen LogP contribution in [-0.4, -0.2) is 38.5 Å². The zero-order chi connectivity index (χ0) is 20.2. The third-order valence-electron chi connectivity index (χ3n) is 5.59. The second-order valence-electron chi connectivity index (χ2n) is 7.41. The normalized spacial score (nSPS) is 23.6. The number of rotatable bonds is 3. The Labute approximate surface area is 163 Å². The number of nitrogens with one attached hydrogen (secondary N) is 1. The topological polar surface area (TPSA) is 80.2 Å². The van der Waals surface area contributed by atoms with Crippen LogP contribution in [0.2, 0.25) is 0 Å². The number of ether oxygens (including phenoxy) is 1. The number of anilines is 1. The van der Waals surface area contributed by atoms with E-state index in [9.17, 15) is 18.3 Å². The van der Waals surface area contributed by atoms with Gasteiger partial charge in [-0.15, -0.1) is 10.2 Å². The quantitative estimate of drug-likeness (QED) is 0.685. The SMILES string of the molecule is Oc1cc(C(F)(F)F)ccc1-c1nnc(NC2CC3CCC2O3)c2cnccc12. The lowest BCUT2D eigenvalue weighted by Gasteiger charge is -2.21. The molecule has 0 radical (unpaired) electrons. The highest BCUT2D eigenvalue weighted by atomic mass is 19.4. The minimum absolute atomic E-state index is 0.136. The van der Waals surface area contributed by atoms with Crippen molar-refractivity contribution in [2.75, 3.05) is 5.32 Å². The Balaban J connectivity index is 1.55. The smallest absolute Gasteiger partial charge is 0.416 e. The molecule has 6 nitrogen and oxygen atoms in total. The molecule has 2 fully saturated rings. The largest absolute Gasteiger partial charge is 0.507 e. The number of halogens is 3. The summed E-state index contributed by atoms with van der Waals surface area (Å²) in [5.41, 5.74) is -0.452. The molecule has 3 atom stereocenters. The maximum atomic E-state index is 12.9. The summed E-state index contributed by atoms with van der Waals surface area (Å²) >= 11 is 0. The summed E-state index contributed by atoms with van der Waals surface area (Å²) in [6.07, 6.45) is 2.06. The number of hydrogen-bond donors (Lipinski definition) is 2. The van der Waals surface area contributed by atoms with Crippen LogP contribution in [0.1, 0.15) is 24.8 Å². The Morgan fingerprint density at radius 3 is 2.66 bits per heavy atom. The van der Waals surface area contributed by atoms with Crippen molar-refractivity contribution in [3.05, 3.63) is 42.2 Å². The molecule has 2 aromatic heterocycles. The minimum Gasteiger partial charge on any atom is -0.507 e. The number of phenols is 1. The average Bonchev–Trinajstić information content (AvgIpc) is 3.31. The average molecular weight is 402 g/mol. The van der Waals surface area contributed by atoms with Gasteiger partial charge >= 0.3 is 6.18 Å². The number of fused-ring (bicyclic) bond motifs is 3. The van der Waals surface area contributed by atoms with Crippen molar-refractivity contribution in [1.29, 1.82) is 0 Å². The minimum atomic E-state index is -4.54. The van der Waals surface area contributed by atoms with E-state index in [2.05, 4.69) is 20.5 Å². The van der Waals surface area contributed by atoms with Crippen molar-refractivity contribution in [2.45, 2.75) is 43.7 Å². The first kappa shape index (κ1) is 18.1. The number of alkyl halides is 3. The van der Waals surface area contributed by atoms with Gasteiger partial charge in [0.25, 0.3) is 0 Å². The molecule has 2 bridgehead atoms. The Morgan fingerprint density at radius 1 is 1.10 bits per heavy atom. The molecule has 2 aliphatic heterocycles. The number of phenolic OH excluding ortho intramolecular Hbond substituents is 1. The van der Waals surface area contributed by atoms with Crippen LogP contribution in [-0.2, 0) is 10.9 Å². The van der Waals surface area contributed by atoms with E-state index in [0.717, 1.165) is 25.3 Å². The molecule has 29 heavy (non-hydrogen) atoms. The summed E-state index contributed by atoms with van der Waals surface area (Å²) in [7, 11) is 0. The lowest BCUT2D eigenvalue weighted by atomic mass is 9.95. The number of nitrogens with zero attached hydrogens (tertiary/aromatic N) is 3. The molecule has 150 valence electrons. The first-order valence-electron chi connectivity index (χ1n) is 9.33. The zero-order valence-corrected chi connectivity index (χ0v) is 15.1. The van der Waals surface area contributed by atoms with Crippen LogP contribution in [0.15, 0.2) is 36.7 Å². The van der Waals surface area contributed by atoms with Gasteiger partial charge < -0.3 is 15.2 Å². The van der Waals surface area contributed by atoms with Crippen molar-refractivity contribution in [3.63, 3.8) is 0 Å². The molecule has 0 spiro atoms. The molecule has 3 unspecified atom stereocenters. The molecular formula is C20H17F3N4O2. The van der Waals surface area contributed by atoms with Gasteiger partial charge in [0.1, 0.15) is 11.4 Å². The van der Waals surface area contributed by atoms with Gasteiger partial charge in [-0.2, -0.15) is 13.2 Å². The van der Waals surface area contributed by atoms with E-state index in [1.54, 1.807) is 18.5 Å². The van der Waals surface area contributed by atoms with Gasteiger partial charge in [-0.05, 0) is 43.5 Å². The summed E-state index contributed by atoms with van der Waals surface area (Å²) in [6, 6.07) is 4.67. The van der Waals surface area contributed by atoms with Gasteiger partial charge in [-0.25, -0.2) is 0 Å². The third kappa shape index (κ3) is 3.15. The lowest BCUT2D eigenvalue weighted by molar-refractivity contribution is -0.137. The van der Waals surface area contributed by atoms with Gasteiger partial charge in [0, 0.05) is 28.7 Å². The molecule has 3 aromatic rings. The van der Waals surface area contributed by atoms with Crippen LogP contribution >= 0.6 is 0 Å². The Kier molecular flexibility index (Phi) is 4.09. The van der Waals surface area contributed by atoms with Crippen LogP contribution in [0.3, 0.4) is 0 Å². The van der Waals surface area contributed by atoms with Gasteiger partial charge in [0.15, 0.2) is 5.82 Å². The van der Waals surface area contributed by atoms with E-state index in [0.29, 0.717) is 28.4 Å². The Bertz CT molecular complexity index is 1090. The van der Waals surface area contributed by atoms with E-state index >= 15 is 0 Å². The van der Waals surface area contributed by atoms with Crippen molar-refractivity contribution >= 4 is 16.6 Å². The highest BCUT2D eigenvalue weighted by molar-refractivity contribution is 6.00. The summed E-state index contributed by atoms with van der Waals surface area (Å²) in [6.45, 7) is 0. The van der Waals surface area contributed by atoms with E-state index in [4.69, 9.17) is 4.74 Å². The summed E-state index contributed by atoms with van der Waals surface area (Å²) in [5.74, 6) is 0.0406. The van der Waals surface area contributed by atoms with Crippen LogP contribution < -0.4 is 5.32 Å². The second kappa shape index (κ2) is 6.55. The lowest BCUT2D eigenvalue weighted by Crippen LogP contribution is -2.31.